The number of aryl methyl sites for hydroxylation is 1. The summed E-state index contributed by atoms with van der Waals surface area (Å²) in [4.78, 5) is 31.5. The predicted octanol–water partition coefficient (Wildman–Crippen LogP) is 2.30. The van der Waals surface area contributed by atoms with Crippen LogP contribution in [-0.4, -0.2) is 28.7 Å². The molecule has 0 radical (unpaired) electrons. The van der Waals surface area contributed by atoms with Crippen molar-refractivity contribution in [3.05, 3.63) is 65.2 Å². The van der Waals surface area contributed by atoms with Gasteiger partial charge in [0.15, 0.2) is 0 Å². The summed E-state index contributed by atoms with van der Waals surface area (Å²) in [6, 6.07) is 13.7. The molecule has 114 valence electrons. The van der Waals surface area contributed by atoms with Crippen molar-refractivity contribution in [2.24, 2.45) is 9.98 Å². The van der Waals surface area contributed by atoms with Crippen LogP contribution in [0.3, 0.4) is 0 Å². The van der Waals surface area contributed by atoms with Gasteiger partial charge in [-0.1, -0.05) is 42.0 Å². The number of aliphatic imine (C=N–C) groups is 2. The van der Waals surface area contributed by atoms with E-state index in [2.05, 4.69) is 15.3 Å². The van der Waals surface area contributed by atoms with Crippen molar-refractivity contribution in [1.82, 2.24) is 5.32 Å². The minimum atomic E-state index is -1.09. The lowest BCUT2D eigenvalue weighted by atomic mass is 10.1. The topological polar surface area (TPSA) is 91.1 Å². The molecule has 2 aromatic rings. The van der Waals surface area contributed by atoms with Crippen molar-refractivity contribution >= 4 is 29.2 Å². The van der Waals surface area contributed by atoms with E-state index in [1.807, 2.05) is 31.2 Å². The third-order valence-corrected chi connectivity index (χ3v) is 3.34. The van der Waals surface area contributed by atoms with Gasteiger partial charge in [0.05, 0.1) is 11.3 Å². The molecule has 2 N–H and O–H groups in total. The smallest absolute Gasteiger partial charge is 0.337 e. The Hall–Kier alpha value is -3.28. The van der Waals surface area contributed by atoms with Crippen LogP contribution in [0.5, 0.6) is 0 Å². The van der Waals surface area contributed by atoms with Gasteiger partial charge in [0.1, 0.15) is 5.71 Å². The Morgan fingerprint density at radius 3 is 2.52 bits per heavy atom. The molecule has 2 aromatic carbocycles. The number of carbonyl (C=O) groups excluding carboxylic acids is 1. The Morgan fingerprint density at radius 1 is 1.13 bits per heavy atom. The van der Waals surface area contributed by atoms with Gasteiger partial charge in [0.25, 0.3) is 5.91 Å². The number of hydrogen-bond donors (Lipinski definition) is 2. The van der Waals surface area contributed by atoms with Crippen molar-refractivity contribution < 1.29 is 14.7 Å². The van der Waals surface area contributed by atoms with Crippen LogP contribution < -0.4 is 5.32 Å². The SMILES string of the molecule is Cc1ccc(C2=NC(=Nc3ccccc3C(=O)O)NC2=O)cc1. The van der Waals surface area contributed by atoms with Gasteiger partial charge >= 0.3 is 5.97 Å². The first kappa shape index (κ1) is 14.6. The number of hydrogen-bond acceptors (Lipinski definition) is 3. The van der Waals surface area contributed by atoms with Crippen molar-refractivity contribution in [3.8, 4) is 0 Å². The van der Waals surface area contributed by atoms with Gasteiger partial charge in [-0.25, -0.2) is 14.8 Å². The van der Waals surface area contributed by atoms with Crippen LogP contribution >= 0.6 is 0 Å². The number of amides is 1. The summed E-state index contributed by atoms with van der Waals surface area (Å²) >= 11 is 0. The van der Waals surface area contributed by atoms with E-state index in [9.17, 15) is 9.59 Å². The Kier molecular flexibility index (Phi) is 3.72. The Labute approximate surface area is 132 Å². The summed E-state index contributed by atoms with van der Waals surface area (Å²) in [7, 11) is 0. The average Bonchev–Trinajstić information content (AvgIpc) is 2.89. The van der Waals surface area contributed by atoms with E-state index >= 15 is 0 Å². The van der Waals surface area contributed by atoms with E-state index < -0.39 is 5.97 Å². The zero-order valence-electron chi connectivity index (χ0n) is 12.3. The van der Waals surface area contributed by atoms with Gasteiger partial charge in [0.2, 0.25) is 5.96 Å². The lowest BCUT2D eigenvalue weighted by molar-refractivity contribution is -0.113. The molecule has 0 aliphatic carbocycles. The van der Waals surface area contributed by atoms with Crippen molar-refractivity contribution in [2.75, 3.05) is 0 Å². The molecule has 6 nitrogen and oxygen atoms in total. The van der Waals surface area contributed by atoms with Crippen LogP contribution in [0.1, 0.15) is 21.5 Å². The molecule has 1 aliphatic heterocycles. The van der Waals surface area contributed by atoms with Crippen LogP contribution in [0.25, 0.3) is 0 Å². The van der Waals surface area contributed by atoms with Gasteiger partial charge in [-0.3, -0.25) is 10.1 Å². The molecule has 0 bridgehead atoms. The number of carboxylic acids is 1. The maximum absolute atomic E-state index is 12.0. The van der Waals surface area contributed by atoms with Gasteiger partial charge < -0.3 is 5.11 Å². The highest BCUT2D eigenvalue weighted by atomic mass is 16.4. The summed E-state index contributed by atoms with van der Waals surface area (Å²) in [5.74, 6) is -1.36. The Bertz CT molecular complexity index is 852. The van der Waals surface area contributed by atoms with Crippen LogP contribution in [0.2, 0.25) is 0 Å². The summed E-state index contributed by atoms with van der Waals surface area (Å²) < 4.78 is 0. The quantitative estimate of drug-likeness (QED) is 0.911. The van der Waals surface area contributed by atoms with Crippen LogP contribution in [-0.2, 0) is 4.79 Å². The minimum absolute atomic E-state index is 0.0493. The number of aromatic carboxylic acids is 1. The van der Waals surface area contributed by atoms with E-state index in [-0.39, 0.29) is 28.8 Å². The lowest BCUT2D eigenvalue weighted by Crippen LogP contribution is -2.26. The molecule has 0 fully saturated rings. The zero-order valence-corrected chi connectivity index (χ0v) is 12.3. The molecule has 1 heterocycles. The zero-order chi connectivity index (χ0) is 16.4. The molecule has 0 atom stereocenters. The summed E-state index contributed by atoms with van der Waals surface area (Å²) in [6.07, 6.45) is 0. The predicted molar refractivity (Wildman–Crippen MR) is 86.4 cm³/mol. The second-order valence-electron chi connectivity index (χ2n) is 5.04. The molecule has 0 saturated carbocycles. The Balaban J connectivity index is 1.98. The monoisotopic (exact) mass is 307 g/mol. The number of benzene rings is 2. The molecule has 6 heteroatoms. The summed E-state index contributed by atoms with van der Waals surface area (Å²) in [5, 5.41) is 11.7. The number of para-hydroxylation sites is 1. The largest absolute Gasteiger partial charge is 0.478 e. The first-order valence-electron chi connectivity index (χ1n) is 6.92. The van der Waals surface area contributed by atoms with Crippen LogP contribution in [0, 0.1) is 6.92 Å². The summed E-state index contributed by atoms with van der Waals surface area (Å²) in [5.41, 5.74) is 2.32. The molecule has 23 heavy (non-hydrogen) atoms. The number of carbonyl (C=O) groups is 2. The highest BCUT2D eigenvalue weighted by Gasteiger charge is 2.23. The molecular formula is C17H13N3O3. The second kappa shape index (κ2) is 5.84. The normalized spacial score (nSPS) is 15.4. The molecule has 3 rings (SSSR count). The van der Waals surface area contributed by atoms with Gasteiger partial charge in [0, 0.05) is 5.56 Å². The first-order valence-corrected chi connectivity index (χ1v) is 6.92. The standard InChI is InChI=1S/C17H13N3O3/c1-10-6-8-11(9-7-10)14-15(21)20-17(19-14)18-13-5-3-2-4-12(13)16(22)23/h2-9H,1H3,(H,22,23)(H,18,20,21). The van der Waals surface area contributed by atoms with Gasteiger partial charge in [-0.15, -0.1) is 0 Å². The maximum Gasteiger partial charge on any atom is 0.337 e. The van der Waals surface area contributed by atoms with Crippen molar-refractivity contribution in [3.63, 3.8) is 0 Å². The van der Waals surface area contributed by atoms with E-state index in [0.717, 1.165) is 5.56 Å². The highest BCUT2D eigenvalue weighted by molar-refractivity contribution is 6.52. The van der Waals surface area contributed by atoms with Crippen molar-refractivity contribution in [1.29, 1.82) is 0 Å². The second-order valence-corrected chi connectivity index (χ2v) is 5.04. The average molecular weight is 307 g/mol. The van der Waals surface area contributed by atoms with Crippen LogP contribution in [0.4, 0.5) is 5.69 Å². The first-order chi connectivity index (χ1) is 11.0. The fourth-order valence-electron chi connectivity index (χ4n) is 2.17. The van der Waals surface area contributed by atoms with Crippen molar-refractivity contribution in [2.45, 2.75) is 6.92 Å². The van der Waals surface area contributed by atoms with E-state index in [4.69, 9.17) is 5.11 Å². The third kappa shape index (κ3) is 3.01. The third-order valence-electron chi connectivity index (χ3n) is 3.34. The number of nitrogens with one attached hydrogen (secondary N) is 1. The maximum atomic E-state index is 12.0. The molecule has 1 amide bonds. The van der Waals surface area contributed by atoms with E-state index in [1.54, 1.807) is 18.2 Å². The van der Waals surface area contributed by atoms with E-state index in [0.29, 0.717) is 5.56 Å². The minimum Gasteiger partial charge on any atom is -0.478 e. The molecule has 1 aliphatic rings. The molecule has 0 aromatic heterocycles. The van der Waals surface area contributed by atoms with E-state index in [1.165, 1.54) is 6.07 Å². The summed E-state index contributed by atoms with van der Waals surface area (Å²) in [6.45, 7) is 1.95. The molecule has 0 saturated heterocycles. The fourth-order valence-corrected chi connectivity index (χ4v) is 2.17. The molecular weight excluding hydrogens is 294 g/mol. The van der Waals surface area contributed by atoms with Gasteiger partial charge in [-0.05, 0) is 19.1 Å². The Morgan fingerprint density at radius 2 is 1.83 bits per heavy atom. The van der Waals surface area contributed by atoms with Gasteiger partial charge in [-0.2, -0.15) is 0 Å². The van der Waals surface area contributed by atoms with Crippen LogP contribution in [0.15, 0.2) is 58.5 Å². The fraction of sp³-hybridized carbons (Fsp3) is 0.0588. The number of rotatable bonds is 3. The highest BCUT2D eigenvalue weighted by Crippen LogP contribution is 2.19. The molecule has 0 unspecified atom stereocenters. The number of nitrogens with zero attached hydrogens (tertiary/aromatic N) is 2. The lowest BCUT2D eigenvalue weighted by Gasteiger charge is -2.00. The number of guanidine groups is 1. The number of carboxylic acid groups (broad SMARTS) is 1. The molecule has 0 spiro atoms.